The molecule has 1 N–H and O–H groups in total. The Morgan fingerprint density at radius 3 is 2.68 bits per heavy atom. The van der Waals surface area contributed by atoms with Crippen LogP contribution in [0.1, 0.15) is 50.0 Å². The lowest BCUT2D eigenvalue weighted by Crippen LogP contribution is -2.20. The Morgan fingerprint density at radius 1 is 1.21 bits per heavy atom. The van der Waals surface area contributed by atoms with Crippen molar-refractivity contribution in [1.29, 1.82) is 0 Å². The van der Waals surface area contributed by atoms with Crippen LogP contribution in [0.2, 0.25) is 0 Å². The average Bonchev–Trinajstić information content (AvgIpc) is 3.00. The number of hydrogen-bond donors (Lipinski definition) is 1. The van der Waals surface area contributed by atoms with Gasteiger partial charge in [-0.3, -0.25) is 0 Å². The van der Waals surface area contributed by atoms with Gasteiger partial charge >= 0.3 is 0 Å². The molecule has 0 bridgehead atoms. The van der Waals surface area contributed by atoms with E-state index in [0.717, 1.165) is 6.54 Å². The summed E-state index contributed by atoms with van der Waals surface area (Å²) in [4.78, 5) is 6.05. The normalized spacial score (nSPS) is 15.7. The highest BCUT2D eigenvalue weighted by Gasteiger charge is 2.23. The molecule has 2 heterocycles. The molecule has 102 valence electrons. The van der Waals surface area contributed by atoms with Crippen LogP contribution in [0.3, 0.4) is 0 Å². The zero-order chi connectivity index (χ0) is 13.4. The molecule has 0 saturated carbocycles. The molecule has 0 radical (unpaired) electrons. The molecule has 2 aromatic rings. The highest BCUT2D eigenvalue weighted by molar-refractivity contribution is 7.13. The van der Waals surface area contributed by atoms with Crippen molar-refractivity contribution in [2.24, 2.45) is 0 Å². The molecule has 0 saturated heterocycles. The summed E-state index contributed by atoms with van der Waals surface area (Å²) in [6.07, 6.45) is 3.93. The van der Waals surface area contributed by atoms with Crippen LogP contribution in [0.5, 0.6) is 0 Å². The Kier molecular flexibility index (Phi) is 3.79. The predicted molar refractivity (Wildman–Crippen MR) is 85.7 cm³/mol. The Morgan fingerprint density at radius 2 is 2.05 bits per heavy atom. The number of rotatable bonds is 4. The van der Waals surface area contributed by atoms with E-state index in [-0.39, 0.29) is 0 Å². The van der Waals surface area contributed by atoms with Gasteiger partial charge in [-0.1, -0.05) is 6.92 Å². The Bertz CT molecular complexity index is 558. The van der Waals surface area contributed by atoms with Gasteiger partial charge in [-0.05, 0) is 62.9 Å². The third kappa shape index (κ3) is 2.51. The number of thiophene rings is 2. The maximum absolute atomic E-state index is 3.68. The maximum Gasteiger partial charge on any atom is 0.0767 e. The summed E-state index contributed by atoms with van der Waals surface area (Å²) in [7, 11) is 0. The molecule has 0 aliphatic heterocycles. The van der Waals surface area contributed by atoms with E-state index in [0.29, 0.717) is 6.04 Å². The van der Waals surface area contributed by atoms with E-state index in [2.05, 4.69) is 38.2 Å². The number of nitrogens with one attached hydrogen (secondary N) is 1. The van der Waals surface area contributed by atoms with Crippen molar-refractivity contribution in [3.8, 4) is 0 Å². The molecule has 1 unspecified atom stereocenters. The maximum atomic E-state index is 3.68. The van der Waals surface area contributed by atoms with Crippen molar-refractivity contribution in [3.05, 3.63) is 42.8 Å². The molecule has 0 amide bonds. The minimum atomic E-state index is 0.402. The van der Waals surface area contributed by atoms with E-state index < -0.39 is 0 Å². The third-order valence-corrected chi connectivity index (χ3v) is 6.32. The van der Waals surface area contributed by atoms with Gasteiger partial charge in [-0.15, -0.1) is 22.7 Å². The second-order valence-corrected chi connectivity index (χ2v) is 7.80. The third-order valence-electron chi connectivity index (χ3n) is 3.80. The lowest BCUT2D eigenvalue weighted by Gasteiger charge is -2.16. The number of hydrogen-bond acceptors (Lipinski definition) is 3. The van der Waals surface area contributed by atoms with Crippen molar-refractivity contribution in [3.63, 3.8) is 0 Å². The van der Waals surface area contributed by atoms with Gasteiger partial charge in [0, 0.05) is 19.5 Å². The van der Waals surface area contributed by atoms with E-state index in [1.807, 2.05) is 22.7 Å². The van der Waals surface area contributed by atoms with Crippen molar-refractivity contribution in [2.45, 2.75) is 46.1 Å². The van der Waals surface area contributed by atoms with Gasteiger partial charge in [0.25, 0.3) is 0 Å². The summed E-state index contributed by atoms with van der Waals surface area (Å²) < 4.78 is 0. The first-order valence-corrected chi connectivity index (χ1v) is 8.74. The van der Waals surface area contributed by atoms with Crippen LogP contribution in [0.15, 0.2) is 12.1 Å². The zero-order valence-electron chi connectivity index (χ0n) is 11.9. The Hall–Kier alpha value is -0.640. The lowest BCUT2D eigenvalue weighted by atomic mass is 10.1. The minimum absolute atomic E-state index is 0.402. The Balaban J connectivity index is 1.98. The SMILES string of the molecule is CCNC(c1cc2c(s1)CCC2)c1sc(C)cc1C. The fraction of sp³-hybridized carbons (Fsp3) is 0.500. The van der Waals surface area contributed by atoms with Crippen LogP contribution >= 0.6 is 22.7 Å². The molecule has 0 fully saturated rings. The molecule has 2 aromatic heterocycles. The molecule has 0 spiro atoms. The van der Waals surface area contributed by atoms with Gasteiger partial charge in [0.05, 0.1) is 6.04 Å². The fourth-order valence-electron chi connectivity index (χ4n) is 2.97. The molecule has 1 atom stereocenters. The Labute approximate surface area is 123 Å². The van der Waals surface area contributed by atoms with E-state index in [1.165, 1.54) is 39.5 Å². The lowest BCUT2D eigenvalue weighted by molar-refractivity contribution is 0.646. The van der Waals surface area contributed by atoms with Crippen LogP contribution < -0.4 is 5.32 Å². The molecule has 3 heteroatoms. The summed E-state index contributed by atoms with van der Waals surface area (Å²) in [6.45, 7) is 7.66. The summed E-state index contributed by atoms with van der Waals surface area (Å²) in [5.74, 6) is 0. The fourth-order valence-corrected chi connectivity index (χ4v) is 5.52. The van der Waals surface area contributed by atoms with Gasteiger partial charge in [-0.25, -0.2) is 0 Å². The zero-order valence-corrected chi connectivity index (χ0v) is 13.5. The van der Waals surface area contributed by atoms with Crippen molar-refractivity contribution in [1.82, 2.24) is 5.32 Å². The second-order valence-electron chi connectivity index (χ2n) is 5.35. The second kappa shape index (κ2) is 5.39. The van der Waals surface area contributed by atoms with Gasteiger partial charge in [0.1, 0.15) is 0 Å². The number of fused-ring (bicyclic) bond motifs is 1. The first-order chi connectivity index (χ1) is 9.19. The quantitative estimate of drug-likeness (QED) is 0.867. The monoisotopic (exact) mass is 291 g/mol. The molecular formula is C16H21NS2. The molecule has 0 aromatic carbocycles. The molecule has 1 nitrogen and oxygen atoms in total. The molecule has 3 rings (SSSR count). The topological polar surface area (TPSA) is 12.0 Å². The minimum Gasteiger partial charge on any atom is -0.305 e. The first-order valence-electron chi connectivity index (χ1n) is 7.10. The first kappa shape index (κ1) is 13.3. The average molecular weight is 291 g/mol. The van der Waals surface area contributed by atoms with Crippen LogP contribution in [0, 0.1) is 13.8 Å². The summed E-state index contributed by atoms with van der Waals surface area (Å²) in [5, 5.41) is 3.68. The van der Waals surface area contributed by atoms with E-state index in [4.69, 9.17) is 0 Å². The van der Waals surface area contributed by atoms with Gasteiger partial charge in [0.15, 0.2) is 0 Å². The van der Waals surface area contributed by atoms with Gasteiger partial charge in [0.2, 0.25) is 0 Å². The summed E-state index contributed by atoms with van der Waals surface area (Å²) in [6, 6.07) is 5.17. The van der Waals surface area contributed by atoms with Gasteiger partial charge in [-0.2, -0.15) is 0 Å². The van der Waals surface area contributed by atoms with E-state index >= 15 is 0 Å². The molecule has 1 aliphatic carbocycles. The summed E-state index contributed by atoms with van der Waals surface area (Å²) >= 11 is 3.97. The smallest absolute Gasteiger partial charge is 0.0767 e. The van der Waals surface area contributed by atoms with Crippen LogP contribution in [0.4, 0.5) is 0 Å². The van der Waals surface area contributed by atoms with E-state index in [1.54, 1.807) is 10.4 Å². The highest BCUT2D eigenvalue weighted by atomic mass is 32.1. The van der Waals surface area contributed by atoms with Crippen molar-refractivity contribution >= 4 is 22.7 Å². The molecular weight excluding hydrogens is 270 g/mol. The van der Waals surface area contributed by atoms with E-state index in [9.17, 15) is 0 Å². The summed E-state index contributed by atoms with van der Waals surface area (Å²) in [5.41, 5.74) is 3.04. The predicted octanol–water partition coefficient (Wildman–Crippen LogP) is 4.61. The molecule has 1 aliphatic rings. The molecule has 19 heavy (non-hydrogen) atoms. The largest absolute Gasteiger partial charge is 0.305 e. The standard InChI is InChI=1S/C16H21NS2/c1-4-17-15(16-10(2)8-11(3)18-16)14-9-12-6-5-7-13(12)19-14/h8-9,15,17H,4-7H2,1-3H3. The van der Waals surface area contributed by atoms with Gasteiger partial charge < -0.3 is 5.32 Å². The van der Waals surface area contributed by atoms with Crippen LogP contribution in [0.25, 0.3) is 0 Å². The van der Waals surface area contributed by atoms with Crippen molar-refractivity contribution in [2.75, 3.05) is 6.54 Å². The number of aryl methyl sites for hydroxylation is 4. The van der Waals surface area contributed by atoms with Crippen molar-refractivity contribution < 1.29 is 0 Å². The van der Waals surface area contributed by atoms with Crippen LogP contribution in [-0.2, 0) is 12.8 Å². The van der Waals surface area contributed by atoms with Crippen LogP contribution in [-0.4, -0.2) is 6.54 Å². The highest BCUT2D eigenvalue weighted by Crippen LogP contribution is 2.39.